The number of rotatable bonds is 5. The summed E-state index contributed by atoms with van der Waals surface area (Å²) in [6.45, 7) is 7.09. The normalized spacial score (nSPS) is 17.1. The predicted molar refractivity (Wildman–Crippen MR) is 103 cm³/mol. The predicted octanol–water partition coefficient (Wildman–Crippen LogP) is 3.35. The van der Waals surface area contributed by atoms with E-state index in [9.17, 15) is 8.78 Å². The molecule has 5 nitrogen and oxygen atoms in total. The first-order valence-electron chi connectivity index (χ1n) is 9.52. The van der Waals surface area contributed by atoms with Crippen molar-refractivity contribution in [3.63, 3.8) is 0 Å². The van der Waals surface area contributed by atoms with Crippen molar-refractivity contribution in [3.8, 4) is 0 Å². The van der Waals surface area contributed by atoms with Gasteiger partial charge >= 0.3 is 0 Å². The van der Waals surface area contributed by atoms with Crippen LogP contribution in [0.25, 0.3) is 0 Å². The van der Waals surface area contributed by atoms with Gasteiger partial charge in [0.1, 0.15) is 11.6 Å². The zero-order valence-electron chi connectivity index (χ0n) is 16.1. The fourth-order valence-corrected chi connectivity index (χ4v) is 3.23. The Bertz CT molecular complexity index is 813. The number of aryl methyl sites for hydroxylation is 1. The molecule has 0 saturated carbocycles. The van der Waals surface area contributed by atoms with E-state index in [1.165, 1.54) is 17.7 Å². The third-order valence-electron chi connectivity index (χ3n) is 4.73. The molecule has 0 fully saturated rings. The van der Waals surface area contributed by atoms with Gasteiger partial charge in [0.15, 0.2) is 5.96 Å². The average molecular weight is 375 g/mol. The zero-order valence-corrected chi connectivity index (χ0v) is 16.1. The molecule has 3 rings (SSSR count). The third-order valence-corrected chi connectivity index (χ3v) is 4.73. The molecule has 0 spiro atoms. The van der Waals surface area contributed by atoms with Crippen LogP contribution >= 0.6 is 0 Å². The summed E-state index contributed by atoms with van der Waals surface area (Å²) in [5.74, 6) is -0.516. The molecule has 1 aromatic carbocycles. The van der Waals surface area contributed by atoms with Crippen LogP contribution in [0.5, 0.6) is 0 Å². The highest BCUT2D eigenvalue weighted by atomic mass is 19.1. The summed E-state index contributed by atoms with van der Waals surface area (Å²) in [5.41, 5.74) is 2.82. The SMILES string of the molecule is CCNC(=NCc1ccc(F)cc1F)NC1CCc2cn(C(C)C)nc2C1. The van der Waals surface area contributed by atoms with Gasteiger partial charge < -0.3 is 10.6 Å². The molecule has 0 amide bonds. The molecule has 1 aliphatic carbocycles. The Balaban J connectivity index is 1.67. The fraction of sp³-hybridized carbons (Fsp3) is 0.500. The van der Waals surface area contributed by atoms with Gasteiger partial charge in [-0.3, -0.25) is 4.68 Å². The summed E-state index contributed by atoms with van der Waals surface area (Å²) in [5, 5.41) is 11.3. The molecule has 7 heteroatoms. The molecule has 1 atom stereocenters. The van der Waals surface area contributed by atoms with Crippen LogP contribution in [0.4, 0.5) is 8.78 Å². The van der Waals surface area contributed by atoms with Gasteiger partial charge in [-0.25, -0.2) is 13.8 Å². The summed E-state index contributed by atoms with van der Waals surface area (Å²) in [6.07, 6.45) is 4.95. The van der Waals surface area contributed by atoms with Crippen LogP contribution in [-0.2, 0) is 19.4 Å². The molecular formula is C20H27F2N5. The van der Waals surface area contributed by atoms with E-state index in [1.54, 1.807) is 0 Å². The molecule has 0 saturated heterocycles. The van der Waals surface area contributed by atoms with Gasteiger partial charge in [0.25, 0.3) is 0 Å². The van der Waals surface area contributed by atoms with E-state index in [0.29, 0.717) is 24.1 Å². The summed E-state index contributed by atoms with van der Waals surface area (Å²) >= 11 is 0. The molecule has 2 aromatic rings. The van der Waals surface area contributed by atoms with Crippen molar-refractivity contribution >= 4 is 5.96 Å². The molecule has 0 radical (unpaired) electrons. The first-order valence-corrected chi connectivity index (χ1v) is 9.52. The maximum absolute atomic E-state index is 13.8. The lowest BCUT2D eigenvalue weighted by Gasteiger charge is -2.24. The van der Waals surface area contributed by atoms with E-state index in [0.717, 1.165) is 31.0 Å². The van der Waals surface area contributed by atoms with E-state index in [1.807, 2.05) is 11.6 Å². The Morgan fingerprint density at radius 3 is 2.89 bits per heavy atom. The van der Waals surface area contributed by atoms with Crippen LogP contribution in [-0.4, -0.2) is 28.3 Å². The maximum Gasteiger partial charge on any atom is 0.191 e. The number of hydrogen-bond acceptors (Lipinski definition) is 2. The van der Waals surface area contributed by atoms with Gasteiger partial charge in [0.05, 0.1) is 12.2 Å². The zero-order chi connectivity index (χ0) is 19.4. The molecule has 1 aromatic heterocycles. The van der Waals surface area contributed by atoms with Crippen LogP contribution in [0, 0.1) is 11.6 Å². The number of halogens is 2. The lowest BCUT2D eigenvalue weighted by Crippen LogP contribution is -2.45. The highest BCUT2D eigenvalue weighted by Gasteiger charge is 2.23. The minimum atomic E-state index is -0.580. The number of aliphatic imine (C=N–C) groups is 1. The number of aromatic nitrogens is 2. The maximum atomic E-state index is 13.8. The van der Waals surface area contributed by atoms with Crippen molar-refractivity contribution in [1.82, 2.24) is 20.4 Å². The van der Waals surface area contributed by atoms with Gasteiger partial charge in [-0.1, -0.05) is 6.07 Å². The Hall–Kier alpha value is -2.44. The largest absolute Gasteiger partial charge is 0.357 e. The van der Waals surface area contributed by atoms with Crippen LogP contribution in [0.2, 0.25) is 0 Å². The quantitative estimate of drug-likeness (QED) is 0.622. The summed E-state index contributed by atoms with van der Waals surface area (Å²) in [7, 11) is 0. The first kappa shape index (κ1) is 19.3. The molecule has 146 valence electrons. The van der Waals surface area contributed by atoms with E-state index < -0.39 is 11.6 Å². The van der Waals surface area contributed by atoms with E-state index in [4.69, 9.17) is 5.10 Å². The van der Waals surface area contributed by atoms with Crippen LogP contribution in [0.3, 0.4) is 0 Å². The molecule has 1 aliphatic rings. The van der Waals surface area contributed by atoms with Gasteiger partial charge in [-0.2, -0.15) is 5.10 Å². The summed E-state index contributed by atoms with van der Waals surface area (Å²) in [6, 6.07) is 4.15. The number of nitrogens with one attached hydrogen (secondary N) is 2. The summed E-state index contributed by atoms with van der Waals surface area (Å²) < 4.78 is 28.9. The topological polar surface area (TPSA) is 54.2 Å². The second-order valence-corrected chi connectivity index (χ2v) is 7.19. The van der Waals surface area contributed by atoms with Crippen LogP contribution in [0.15, 0.2) is 29.4 Å². The van der Waals surface area contributed by atoms with E-state index in [-0.39, 0.29) is 12.6 Å². The Labute approximate surface area is 158 Å². The number of nitrogens with zero attached hydrogens (tertiary/aromatic N) is 3. The lowest BCUT2D eigenvalue weighted by atomic mass is 9.94. The molecule has 1 unspecified atom stereocenters. The van der Waals surface area contributed by atoms with Crippen molar-refractivity contribution in [3.05, 3.63) is 52.9 Å². The fourth-order valence-electron chi connectivity index (χ4n) is 3.23. The Morgan fingerprint density at radius 2 is 2.19 bits per heavy atom. The van der Waals surface area contributed by atoms with Crippen LogP contribution in [0.1, 0.15) is 50.1 Å². The number of benzene rings is 1. The summed E-state index contributed by atoms with van der Waals surface area (Å²) in [4.78, 5) is 4.46. The van der Waals surface area contributed by atoms with Gasteiger partial charge in [0, 0.05) is 42.9 Å². The first-order chi connectivity index (χ1) is 13.0. The van der Waals surface area contributed by atoms with Crippen molar-refractivity contribution in [1.29, 1.82) is 0 Å². The van der Waals surface area contributed by atoms with Gasteiger partial charge in [0.2, 0.25) is 0 Å². The molecule has 0 bridgehead atoms. The van der Waals surface area contributed by atoms with E-state index in [2.05, 4.69) is 35.7 Å². The minimum absolute atomic E-state index is 0.154. The van der Waals surface area contributed by atoms with Crippen molar-refractivity contribution in [2.24, 2.45) is 4.99 Å². The number of hydrogen-bond donors (Lipinski definition) is 2. The molecule has 27 heavy (non-hydrogen) atoms. The van der Waals surface area contributed by atoms with Gasteiger partial charge in [-0.05, 0) is 45.2 Å². The second kappa shape index (κ2) is 8.50. The van der Waals surface area contributed by atoms with Crippen molar-refractivity contribution < 1.29 is 8.78 Å². The smallest absolute Gasteiger partial charge is 0.191 e. The number of fused-ring (bicyclic) bond motifs is 1. The van der Waals surface area contributed by atoms with Crippen LogP contribution < -0.4 is 10.6 Å². The van der Waals surface area contributed by atoms with Gasteiger partial charge in [-0.15, -0.1) is 0 Å². The van der Waals surface area contributed by atoms with Crippen molar-refractivity contribution in [2.75, 3.05) is 6.54 Å². The lowest BCUT2D eigenvalue weighted by molar-refractivity contribution is 0.499. The molecule has 2 N–H and O–H groups in total. The third kappa shape index (κ3) is 4.84. The minimum Gasteiger partial charge on any atom is -0.357 e. The monoisotopic (exact) mass is 375 g/mol. The molecular weight excluding hydrogens is 348 g/mol. The van der Waals surface area contributed by atoms with Crippen molar-refractivity contribution in [2.45, 2.75) is 58.7 Å². The average Bonchev–Trinajstić information content (AvgIpc) is 3.05. The molecule has 0 aliphatic heterocycles. The Kier molecular flexibility index (Phi) is 6.08. The second-order valence-electron chi connectivity index (χ2n) is 7.19. The Morgan fingerprint density at radius 1 is 1.37 bits per heavy atom. The standard InChI is InChI=1S/C20H27F2N5/c1-4-23-20(24-11-14-5-7-16(21)9-18(14)22)25-17-8-6-15-12-27(13(2)3)26-19(15)10-17/h5,7,9,12-13,17H,4,6,8,10-11H2,1-3H3,(H2,23,24,25). The van der Waals surface area contributed by atoms with E-state index >= 15 is 0 Å². The number of guanidine groups is 1. The highest BCUT2D eigenvalue weighted by Crippen LogP contribution is 2.21. The highest BCUT2D eigenvalue weighted by molar-refractivity contribution is 5.80. The molecule has 1 heterocycles.